The molecule has 0 bridgehead atoms. The van der Waals surface area contributed by atoms with Gasteiger partial charge in [-0.1, -0.05) is 19.2 Å². The minimum atomic E-state index is -3.73. The number of hydrogen-bond donors (Lipinski definition) is 1. The van der Waals surface area contributed by atoms with Gasteiger partial charge in [-0.2, -0.15) is 8.42 Å². The molecule has 0 aliphatic heterocycles. The Hall–Kier alpha value is -0.110. The number of rotatable bonds is 5. The fraction of sp³-hybridized carbons (Fsp3) is 0.143. The van der Waals surface area contributed by atoms with Crippen LogP contribution in [0.1, 0.15) is 0 Å². The van der Waals surface area contributed by atoms with Crippen LogP contribution in [0.5, 0.6) is 0 Å². The van der Waals surface area contributed by atoms with Gasteiger partial charge in [0.25, 0.3) is 10.1 Å². The zero-order valence-electron chi connectivity index (χ0n) is 7.05. The molecule has 1 N–H and O–H groups in total. The maximum atomic E-state index is 10.1. The molecular formula is C7H13NaO5S. The molecule has 7 heteroatoms. The predicted octanol–water partition coefficient (Wildman–Crippen LogP) is 0.633. The molecule has 14 heavy (non-hydrogen) atoms. The van der Waals surface area contributed by atoms with Crippen LogP contribution in [0.2, 0.25) is 0 Å². The second kappa shape index (κ2) is 12.9. The summed E-state index contributed by atoms with van der Waals surface area (Å²) in [5.41, 5.74) is 0. The summed E-state index contributed by atoms with van der Waals surface area (Å²) in [5.74, 6) is -0.372. The van der Waals surface area contributed by atoms with Gasteiger partial charge < -0.3 is 4.74 Å². The molecule has 0 aromatic heterocycles. The van der Waals surface area contributed by atoms with E-state index in [1.54, 1.807) is 0 Å². The standard InChI is InChI=1S/C4H6O.C3H6O4S.Na.H/c1-3-5-4-2;1-2-3-8(5,6)7-4;;/h3-4H,1-2H2;2,4H,1,3H2;;. The summed E-state index contributed by atoms with van der Waals surface area (Å²) >= 11 is 0. The minimum absolute atomic E-state index is 0. The molecule has 0 aromatic carbocycles. The summed E-state index contributed by atoms with van der Waals surface area (Å²) in [6.07, 6.45) is 3.74. The van der Waals surface area contributed by atoms with Crippen LogP contribution in [0.25, 0.3) is 0 Å². The van der Waals surface area contributed by atoms with Crippen LogP contribution in [0.3, 0.4) is 0 Å². The molecule has 0 saturated heterocycles. The van der Waals surface area contributed by atoms with Crippen molar-refractivity contribution in [1.29, 1.82) is 0 Å². The van der Waals surface area contributed by atoms with Gasteiger partial charge >= 0.3 is 29.6 Å². The fourth-order valence-corrected chi connectivity index (χ4v) is 0.592. The second-order valence-corrected chi connectivity index (χ2v) is 3.15. The Bertz CT molecular complexity index is 241. The van der Waals surface area contributed by atoms with Gasteiger partial charge in [0.15, 0.2) is 0 Å². The van der Waals surface area contributed by atoms with Crippen LogP contribution in [-0.4, -0.2) is 49.0 Å². The molecule has 0 aliphatic carbocycles. The van der Waals surface area contributed by atoms with Crippen molar-refractivity contribution >= 4 is 39.7 Å². The molecule has 0 heterocycles. The van der Waals surface area contributed by atoms with Crippen molar-refractivity contribution in [2.24, 2.45) is 0 Å². The van der Waals surface area contributed by atoms with Crippen LogP contribution in [0.4, 0.5) is 0 Å². The first-order chi connectivity index (χ1) is 6.04. The molecule has 78 valence electrons. The molecule has 0 aliphatic rings. The molecule has 0 unspecified atom stereocenters. The SMILES string of the molecule is C=CCS(=O)(=O)OO.C=COC=C.[NaH]. The van der Waals surface area contributed by atoms with Crippen molar-refractivity contribution in [3.63, 3.8) is 0 Å². The summed E-state index contributed by atoms with van der Waals surface area (Å²) in [4.78, 5) is 0. The Morgan fingerprint density at radius 2 is 1.64 bits per heavy atom. The van der Waals surface area contributed by atoms with Gasteiger partial charge in [-0.3, -0.25) is 0 Å². The van der Waals surface area contributed by atoms with Gasteiger partial charge in [0.1, 0.15) is 0 Å². The predicted molar refractivity (Wildman–Crippen MR) is 56.3 cm³/mol. The quantitative estimate of drug-likeness (QED) is 0.247. The third-order valence-corrected chi connectivity index (χ3v) is 1.50. The topological polar surface area (TPSA) is 72.8 Å². The van der Waals surface area contributed by atoms with Crippen molar-refractivity contribution in [2.45, 2.75) is 0 Å². The van der Waals surface area contributed by atoms with Gasteiger partial charge in [-0.25, -0.2) is 5.26 Å². The van der Waals surface area contributed by atoms with E-state index >= 15 is 0 Å². The van der Waals surface area contributed by atoms with E-state index in [4.69, 9.17) is 5.26 Å². The summed E-state index contributed by atoms with van der Waals surface area (Å²) in [5, 5.41) is 7.59. The third-order valence-electron chi connectivity index (χ3n) is 0.628. The summed E-state index contributed by atoms with van der Waals surface area (Å²) in [6.45, 7) is 9.64. The first-order valence-electron chi connectivity index (χ1n) is 3.08. The molecule has 0 radical (unpaired) electrons. The zero-order valence-corrected chi connectivity index (χ0v) is 7.87. The van der Waals surface area contributed by atoms with Crippen molar-refractivity contribution in [2.75, 3.05) is 5.75 Å². The molecular weight excluding hydrogens is 219 g/mol. The average Bonchev–Trinajstić information content (AvgIpc) is 2.07. The summed E-state index contributed by atoms with van der Waals surface area (Å²) < 4.78 is 27.6. The Morgan fingerprint density at radius 1 is 1.21 bits per heavy atom. The third kappa shape index (κ3) is 17.8. The summed E-state index contributed by atoms with van der Waals surface area (Å²) in [7, 11) is -3.73. The molecule has 0 spiro atoms. The van der Waals surface area contributed by atoms with E-state index < -0.39 is 10.1 Å². The van der Waals surface area contributed by atoms with Crippen LogP contribution in [0, 0.1) is 0 Å². The van der Waals surface area contributed by atoms with E-state index in [0.717, 1.165) is 6.08 Å². The van der Waals surface area contributed by atoms with Gasteiger partial charge in [-0.05, 0) is 0 Å². The fourth-order valence-electron chi connectivity index (χ4n) is 0.243. The molecule has 5 nitrogen and oxygen atoms in total. The van der Waals surface area contributed by atoms with E-state index in [0.29, 0.717) is 0 Å². The van der Waals surface area contributed by atoms with Crippen molar-refractivity contribution in [1.82, 2.24) is 0 Å². The monoisotopic (exact) mass is 232 g/mol. The van der Waals surface area contributed by atoms with E-state index in [9.17, 15) is 8.42 Å². The average molecular weight is 232 g/mol. The Balaban J connectivity index is -0.000000177. The van der Waals surface area contributed by atoms with Gasteiger partial charge in [0.05, 0.1) is 18.3 Å². The van der Waals surface area contributed by atoms with Gasteiger partial charge in [0, 0.05) is 0 Å². The van der Waals surface area contributed by atoms with Crippen LogP contribution >= 0.6 is 0 Å². The van der Waals surface area contributed by atoms with Crippen molar-refractivity contribution in [3.8, 4) is 0 Å². The van der Waals surface area contributed by atoms with E-state index in [2.05, 4.69) is 28.8 Å². The van der Waals surface area contributed by atoms with Crippen molar-refractivity contribution < 1.29 is 22.7 Å². The molecule has 0 fully saturated rings. The first kappa shape index (κ1) is 19.5. The van der Waals surface area contributed by atoms with Crippen LogP contribution < -0.4 is 0 Å². The van der Waals surface area contributed by atoms with Gasteiger partial charge in [-0.15, -0.1) is 10.9 Å². The molecule has 0 saturated carbocycles. The number of hydrogen-bond acceptors (Lipinski definition) is 5. The van der Waals surface area contributed by atoms with E-state index in [1.807, 2.05) is 0 Å². The number of ether oxygens (including phenoxy) is 1. The maximum absolute atomic E-state index is 10.1. The van der Waals surface area contributed by atoms with E-state index in [-0.39, 0.29) is 35.3 Å². The zero-order chi connectivity index (χ0) is 10.7. The molecule has 0 atom stereocenters. The van der Waals surface area contributed by atoms with Crippen LogP contribution in [-0.2, 0) is 19.2 Å². The Morgan fingerprint density at radius 3 is 1.71 bits per heavy atom. The molecule has 0 amide bonds. The van der Waals surface area contributed by atoms with Gasteiger partial charge in [0.2, 0.25) is 0 Å². The molecule has 0 rings (SSSR count). The Labute approximate surface area is 106 Å². The second-order valence-electron chi connectivity index (χ2n) is 1.56. The summed E-state index contributed by atoms with van der Waals surface area (Å²) in [6, 6.07) is 0. The van der Waals surface area contributed by atoms with E-state index in [1.165, 1.54) is 12.5 Å². The normalized spacial score (nSPS) is 8.36. The Kier molecular flexibility index (Phi) is 17.9. The first-order valence-corrected chi connectivity index (χ1v) is 4.65. The molecule has 0 aromatic rings. The van der Waals surface area contributed by atoms with Crippen LogP contribution in [0.15, 0.2) is 38.3 Å². The van der Waals surface area contributed by atoms with Crippen molar-refractivity contribution in [3.05, 3.63) is 38.3 Å².